The number of aryl methyl sites for hydroxylation is 1. The standard InChI is InChI=1S/C28H26ClN5O3/c1-4-26(35)32-24-13-18(12-23(29)27(24)36)16-31-28-22(15-30)17(2)33-34(28)20-9-7-8-19(14-20)21-10-5-6-11-25(21)37-3/h5-14,31,36H,4,16H2,1-3H3,(H,32,35). The first-order chi connectivity index (χ1) is 17.9. The van der Waals surface area contributed by atoms with Crippen LogP contribution in [0.15, 0.2) is 60.7 Å². The number of nitriles is 1. The minimum absolute atomic E-state index is 0.111. The Morgan fingerprint density at radius 3 is 2.70 bits per heavy atom. The number of aromatic nitrogens is 2. The molecule has 4 rings (SSSR count). The van der Waals surface area contributed by atoms with Gasteiger partial charge >= 0.3 is 0 Å². The molecule has 0 aliphatic carbocycles. The van der Waals surface area contributed by atoms with E-state index < -0.39 is 0 Å². The Morgan fingerprint density at radius 1 is 1.19 bits per heavy atom. The molecule has 0 spiro atoms. The lowest BCUT2D eigenvalue weighted by atomic mass is 10.0. The molecule has 0 fully saturated rings. The van der Waals surface area contributed by atoms with Crippen LogP contribution in [0.2, 0.25) is 5.02 Å². The summed E-state index contributed by atoms with van der Waals surface area (Å²) in [6.07, 6.45) is 0.261. The van der Waals surface area contributed by atoms with Crippen molar-refractivity contribution >= 4 is 29.0 Å². The van der Waals surface area contributed by atoms with Crippen molar-refractivity contribution in [2.45, 2.75) is 26.8 Å². The van der Waals surface area contributed by atoms with Crippen molar-refractivity contribution in [1.82, 2.24) is 9.78 Å². The van der Waals surface area contributed by atoms with E-state index in [9.17, 15) is 15.2 Å². The summed E-state index contributed by atoms with van der Waals surface area (Å²) >= 11 is 6.21. The highest BCUT2D eigenvalue weighted by molar-refractivity contribution is 6.32. The van der Waals surface area contributed by atoms with Crippen molar-refractivity contribution in [2.75, 3.05) is 17.7 Å². The third-order valence-electron chi connectivity index (χ3n) is 5.86. The summed E-state index contributed by atoms with van der Waals surface area (Å²) in [5.41, 5.74) is 4.55. The van der Waals surface area contributed by atoms with E-state index in [1.165, 1.54) is 0 Å². The number of amides is 1. The molecule has 0 saturated carbocycles. The number of phenolic OH excluding ortho intramolecular Hbond substituents is 1. The molecule has 0 aliphatic rings. The number of ether oxygens (including phenoxy) is 1. The zero-order valence-electron chi connectivity index (χ0n) is 20.7. The lowest BCUT2D eigenvalue weighted by molar-refractivity contribution is -0.115. The summed E-state index contributed by atoms with van der Waals surface area (Å²) in [5, 5.41) is 30.8. The fourth-order valence-electron chi connectivity index (χ4n) is 3.98. The van der Waals surface area contributed by atoms with Crippen molar-refractivity contribution in [3.8, 4) is 34.4 Å². The number of para-hydroxylation sites is 1. The normalized spacial score (nSPS) is 10.6. The fourth-order valence-corrected chi connectivity index (χ4v) is 4.22. The van der Waals surface area contributed by atoms with E-state index in [1.54, 1.807) is 37.8 Å². The molecule has 37 heavy (non-hydrogen) atoms. The molecule has 8 nitrogen and oxygen atoms in total. The number of anilines is 2. The van der Waals surface area contributed by atoms with E-state index in [0.717, 1.165) is 22.6 Å². The van der Waals surface area contributed by atoms with Gasteiger partial charge in [0.25, 0.3) is 0 Å². The van der Waals surface area contributed by atoms with Crippen LogP contribution in [0.5, 0.6) is 11.5 Å². The predicted molar refractivity (Wildman–Crippen MR) is 144 cm³/mol. The Bertz CT molecular complexity index is 1510. The van der Waals surface area contributed by atoms with Gasteiger partial charge in [0, 0.05) is 18.5 Å². The van der Waals surface area contributed by atoms with E-state index in [0.29, 0.717) is 22.6 Å². The van der Waals surface area contributed by atoms with Crippen LogP contribution in [0.25, 0.3) is 16.8 Å². The molecular weight excluding hydrogens is 490 g/mol. The molecule has 1 amide bonds. The van der Waals surface area contributed by atoms with E-state index in [1.807, 2.05) is 48.5 Å². The molecule has 0 radical (unpaired) electrons. The first-order valence-electron chi connectivity index (χ1n) is 11.6. The number of hydrogen-bond acceptors (Lipinski definition) is 6. The molecule has 1 heterocycles. The van der Waals surface area contributed by atoms with Gasteiger partial charge in [0.1, 0.15) is 23.2 Å². The van der Waals surface area contributed by atoms with Gasteiger partial charge in [-0.2, -0.15) is 10.4 Å². The molecule has 0 bridgehead atoms. The second kappa shape index (κ2) is 11.1. The van der Waals surface area contributed by atoms with Gasteiger partial charge in [-0.25, -0.2) is 4.68 Å². The SMILES string of the molecule is CCC(=O)Nc1cc(CNc2c(C#N)c(C)nn2-c2cccc(-c3ccccc3OC)c2)cc(Cl)c1O. The number of benzene rings is 3. The van der Waals surface area contributed by atoms with Crippen molar-refractivity contribution in [3.63, 3.8) is 0 Å². The molecule has 0 aliphatic heterocycles. The molecule has 1 aromatic heterocycles. The maximum Gasteiger partial charge on any atom is 0.224 e. The average molecular weight is 516 g/mol. The van der Waals surface area contributed by atoms with Gasteiger partial charge in [-0.05, 0) is 48.4 Å². The number of aromatic hydroxyl groups is 1. The second-order valence-electron chi connectivity index (χ2n) is 8.31. The molecule has 9 heteroatoms. The number of halogens is 1. The average Bonchev–Trinajstić information content (AvgIpc) is 3.24. The van der Waals surface area contributed by atoms with Crippen molar-refractivity contribution in [2.24, 2.45) is 0 Å². The highest BCUT2D eigenvalue weighted by atomic mass is 35.5. The van der Waals surface area contributed by atoms with Gasteiger partial charge in [0.15, 0.2) is 5.75 Å². The zero-order valence-corrected chi connectivity index (χ0v) is 21.4. The minimum Gasteiger partial charge on any atom is -0.504 e. The monoisotopic (exact) mass is 515 g/mol. The van der Waals surface area contributed by atoms with Crippen LogP contribution in [0.3, 0.4) is 0 Å². The zero-order chi connectivity index (χ0) is 26.5. The van der Waals surface area contributed by atoms with Crippen LogP contribution in [0, 0.1) is 18.3 Å². The summed E-state index contributed by atoms with van der Waals surface area (Å²) in [5.74, 6) is 0.828. The van der Waals surface area contributed by atoms with Gasteiger partial charge in [-0.1, -0.05) is 48.9 Å². The van der Waals surface area contributed by atoms with Crippen LogP contribution in [0.4, 0.5) is 11.5 Å². The maximum absolute atomic E-state index is 11.9. The van der Waals surface area contributed by atoms with E-state index in [2.05, 4.69) is 21.8 Å². The molecular formula is C28H26ClN5O3. The molecule has 4 aromatic rings. The number of nitrogens with one attached hydrogen (secondary N) is 2. The lowest BCUT2D eigenvalue weighted by Gasteiger charge is -2.14. The Kier molecular flexibility index (Phi) is 7.66. The summed E-state index contributed by atoms with van der Waals surface area (Å²) in [6, 6.07) is 21.0. The lowest BCUT2D eigenvalue weighted by Crippen LogP contribution is -2.11. The third-order valence-corrected chi connectivity index (χ3v) is 6.15. The van der Waals surface area contributed by atoms with Crippen molar-refractivity contribution in [1.29, 1.82) is 5.26 Å². The van der Waals surface area contributed by atoms with Crippen LogP contribution >= 0.6 is 11.6 Å². The number of rotatable bonds is 8. The molecule has 0 atom stereocenters. The number of hydrogen-bond donors (Lipinski definition) is 3. The topological polar surface area (TPSA) is 112 Å². The van der Waals surface area contributed by atoms with Gasteiger partial charge < -0.3 is 20.5 Å². The van der Waals surface area contributed by atoms with Crippen LogP contribution < -0.4 is 15.4 Å². The van der Waals surface area contributed by atoms with Crippen molar-refractivity contribution in [3.05, 3.63) is 82.5 Å². The van der Waals surface area contributed by atoms with E-state index in [4.69, 9.17) is 16.3 Å². The number of carbonyl (C=O) groups excluding carboxylic acids is 1. The smallest absolute Gasteiger partial charge is 0.224 e. The van der Waals surface area contributed by atoms with E-state index in [-0.39, 0.29) is 35.3 Å². The highest BCUT2D eigenvalue weighted by Gasteiger charge is 2.18. The summed E-state index contributed by atoms with van der Waals surface area (Å²) in [6.45, 7) is 3.76. The van der Waals surface area contributed by atoms with Gasteiger partial charge in [-0.15, -0.1) is 0 Å². The number of methoxy groups -OCH3 is 1. The summed E-state index contributed by atoms with van der Waals surface area (Å²) < 4.78 is 7.21. The number of carbonyl (C=O) groups is 1. The molecule has 3 aromatic carbocycles. The third kappa shape index (κ3) is 5.37. The summed E-state index contributed by atoms with van der Waals surface area (Å²) in [4.78, 5) is 11.9. The highest BCUT2D eigenvalue weighted by Crippen LogP contribution is 2.35. The van der Waals surface area contributed by atoms with Gasteiger partial charge in [0.05, 0.1) is 29.2 Å². The van der Waals surface area contributed by atoms with Crippen molar-refractivity contribution < 1.29 is 14.6 Å². The Hall–Kier alpha value is -4.48. The fraction of sp³-hybridized carbons (Fsp3) is 0.179. The molecule has 0 unspecified atom stereocenters. The quantitative estimate of drug-likeness (QED) is 0.246. The Balaban J connectivity index is 1.70. The van der Waals surface area contributed by atoms with E-state index >= 15 is 0 Å². The summed E-state index contributed by atoms with van der Waals surface area (Å²) in [7, 11) is 1.63. The predicted octanol–water partition coefficient (Wildman–Crippen LogP) is 6.05. The maximum atomic E-state index is 11.9. The first-order valence-corrected chi connectivity index (χ1v) is 12.0. The first kappa shape index (κ1) is 25.6. The van der Waals surface area contributed by atoms with Crippen LogP contribution in [0.1, 0.15) is 30.2 Å². The number of phenols is 1. The largest absolute Gasteiger partial charge is 0.504 e. The molecule has 3 N–H and O–H groups in total. The second-order valence-corrected chi connectivity index (χ2v) is 8.72. The van der Waals surface area contributed by atoms with Crippen LogP contribution in [-0.4, -0.2) is 27.9 Å². The van der Waals surface area contributed by atoms with Gasteiger partial charge in [0.2, 0.25) is 5.91 Å². The Labute approximate surface area is 220 Å². The number of nitrogens with zero attached hydrogens (tertiary/aromatic N) is 3. The molecule has 0 saturated heterocycles. The molecule has 188 valence electrons. The van der Waals surface area contributed by atoms with Gasteiger partial charge in [-0.3, -0.25) is 4.79 Å². The Morgan fingerprint density at radius 2 is 1.97 bits per heavy atom. The minimum atomic E-state index is -0.244. The van der Waals surface area contributed by atoms with Crippen LogP contribution in [-0.2, 0) is 11.3 Å².